The Morgan fingerprint density at radius 2 is 1.97 bits per heavy atom. The quantitative estimate of drug-likeness (QED) is 0.453. The molecule has 4 aromatic heterocycles. The van der Waals surface area contributed by atoms with Crippen molar-refractivity contribution in [3.05, 3.63) is 54.5 Å². The molecule has 0 saturated carbocycles. The van der Waals surface area contributed by atoms with E-state index >= 15 is 0 Å². The maximum absolute atomic E-state index is 13.2. The monoisotopic (exact) mass is 505 g/mol. The minimum atomic E-state index is -4.59. The summed E-state index contributed by atoms with van der Waals surface area (Å²) in [4.78, 5) is 18.5. The van der Waals surface area contributed by atoms with Gasteiger partial charge in [0.25, 0.3) is 0 Å². The molecule has 0 bridgehead atoms. The van der Waals surface area contributed by atoms with Crippen molar-refractivity contribution in [3.63, 3.8) is 0 Å². The number of imidazole rings is 1. The molecule has 14 heteroatoms. The van der Waals surface area contributed by atoms with Crippen molar-refractivity contribution in [1.29, 1.82) is 0 Å². The van der Waals surface area contributed by atoms with Crippen LogP contribution in [0, 0.1) is 0 Å². The van der Waals surface area contributed by atoms with Crippen molar-refractivity contribution in [2.45, 2.75) is 24.6 Å². The second kappa shape index (κ2) is 8.59. The van der Waals surface area contributed by atoms with Crippen LogP contribution in [0.5, 0.6) is 0 Å². The highest BCUT2D eigenvalue weighted by atomic mass is 32.2. The summed E-state index contributed by atoms with van der Waals surface area (Å²) in [5.74, 6) is 0.887. The Morgan fingerprint density at radius 3 is 2.69 bits per heavy atom. The van der Waals surface area contributed by atoms with Gasteiger partial charge in [0.2, 0.25) is 0 Å². The molecule has 1 saturated heterocycles. The smallest absolute Gasteiger partial charge is 0.354 e. The number of halogens is 3. The van der Waals surface area contributed by atoms with E-state index < -0.39 is 21.6 Å². The lowest BCUT2D eigenvalue weighted by Gasteiger charge is -2.36. The van der Waals surface area contributed by atoms with Gasteiger partial charge in [-0.05, 0) is 18.1 Å². The third-order valence-electron chi connectivity index (χ3n) is 5.70. The molecular formula is C21H22F3N9OS. The van der Waals surface area contributed by atoms with E-state index in [0.29, 0.717) is 31.0 Å². The molecule has 0 aliphatic carbocycles. The summed E-state index contributed by atoms with van der Waals surface area (Å²) in [6.07, 6.45) is 7.85. The van der Waals surface area contributed by atoms with Crippen LogP contribution < -0.4 is 4.90 Å². The van der Waals surface area contributed by atoms with E-state index in [1.54, 1.807) is 31.0 Å². The lowest BCUT2D eigenvalue weighted by atomic mass is 9.90. The van der Waals surface area contributed by atoms with Crippen molar-refractivity contribution in [3.8, 4) is 11.5 Å². The minimum absolute atomic E-state index is 0.0765. The molecule has 4 aromatic rings. The zero-order chi connectivity index (χ0) is 24.8. The predicted octanol–water partition coefficient (Wildman–Crippen LogP) is 3.02. The highest BCUT2D eigenvalue weighted by Crippen LogP contribution is 2.32. The molecule has 1 aliphatic heterocycles. The van der Waals surface area contributed by atoms with E-state index in [4.69, 9.17) is 0 Å². The number of piperidine rings is 1. The van der Waals surface area contributed by atoms with Crippen LogP contribution in [0.1, 0.15) is 23.6 Å². The Balaban J connectivity index is 1.52. The zero-order valence-electron chi connectivity index (χ0n) is 18.8. The third kappa shape index (κ3) is 4.97. The average Bonchev–Trinajstić information content (AvgIpc) is 3.47. The molecule has 0 radical (unpaired) electrons. The molecule has 1 N–H and O–H groups in total. The van der Waals surface area contributed by atoms with Gasteiger partial charge in [0.15, 0.2) is 17.2 Å². The third-order valence-corrected chi connectivity index (χ3v) is 6.51. The van der Waals surface area contributed by atoms with Crippen LogP contribution in [0.25, 0.3) is 17.2 Å². The Bertz CT molecular complexity index is 1470. The van der Waals surface area contributed by atoms with Gasteiger partial charge < -0.3 is 4.90 Å². The predicted molar refractivity (Wildman–Crippen MR) is 123 cm³/mol. The normalized spacial score (nSPS) is 19.3. The number of alkyl halides is 3. The Morgan fingerprint density at radius 1 is 1.14 bits per heavy atom. The van der Waals surface area contributed by atoms with Gasteiger partial charge in [-0.1, -0.05) is 0 Å². The summed E-state index contributed by atoms with van der Waals surface area (Å²) >= 11 is 0. The number of hydrogen-bond donors (Lipinski definition) is 1. The summed E-state index contributed by atoms with van der Waals surface area (Å²) in [5.41, 5.74) is 0.535. The van der Waals surface area contributed by atoms with Crippen molar-refractivity contribution in [2.24, 2.45) is 4.36 Å². The number of aromatic amines is 1. The summed E-state index contributed by atoms with van der Waals surface area (Å²) in [5, 5.41) is 6.87. The van der Waals surface area contributed by atoms with Crippen molar-refractivity contribution in [2.75, 3.05) is 30.5 Å². The standard InChI is InChI=1S/C21H22F3N9OS/c1-35(2,34)31-15-5-13(14-6-28-29-7-14)10-32(11-15)18-3-4-25-20(30-18)16-8-27-19-9-26-17(12-33(16)19)21(22,23)24/h3-4,6-9,12-13,15H,5,10-11H2,1-2H3,(H,28,29)/t13-,15+/m1/s1. The zero-order valence-corrected chi connectivity index (χ0v) is 19.7. The molecule has 0 amide bonds. The van der Waals surface area contributed by atoms with Gasteiger partial charge in [0, 0.05) is 59.8 Å². The van der Waals surface area contributed by atoms with E-state index in [0.717, 1.165) is 18.0 Å². The Labute approximate surface area is 198 Å². The average molecular weight is 506 g/mol. The van der Waals surface area contributed by atoms with E-state index in [1.165, 1.54) is 10.6 Å². The lowest BCUT2D eigenvalue weighted by molar-refractivity contribution is -0.141. The number of nitrogens with zero attached hydrogens (tertiary/aromatic N) is 8. The SMILES string of the molecule is CS(C)(=O)=N[C@H]1C[C@@H](c2cn[nH]c2)CN(c2ccnc(-c3cnc4cnc(C(F)(F)F)cn34)n2)C1. The van der Waals surface area contributed by atoms with E-state index in [9.17, 15) is 17.4 Å². The summed E-state index contributed by atoms with van der Waals surface area (Å²) in [7, 11) is -2.32. The topological polar surface area (TPSA) is 117 Å². The minimum Gasteiger partial charge on any atom is -0.354 e. The molecule has 10 nitrogen and oxygen atoms in total. The van der Waals surface area contributed by atoms with Gasteiger partial charge in [-0.3, -0.25) is 13.7 Å². The lowest BCUT2D eigenvalue weighted by Crippen LogP contribution is -2.42. The Kier molecular flexibility index (Phi) is 5.69. The maximum Gasteiger partial charge on any atom is 0.434 e. The first-order valence-corrected chi connectivity index (χ1v) is 13.0. The van der Waals surface area contributed by atoms with Gasteiger partial charge in [-0.25, -0.2) is 24.3 Å². The fourth-order valence-corrected chi connectivity index (χ4v) is 5.14. The van der Waals surface area contributed by atoms with Crippen LogP contribution in [0.2, 0.25) is 0 Å². The highest BCUT2D eigenvalue weighted by Gasteiger charge is 2.33. The van der Waals surface area contributed by atoms with Gasteiger partial charge >= 0.3 is 6.18 Å². The second-order valence-electron chi connectivity index (χ2n) is 8.69. The first-order valence-electron chi connectivity index (χ1n) is 10.7. The highest BCUT2D eigenvalue weighted by molar-refractivity contribution is 7.92. The maximum atomic E-state index is 13.2. The molecule has 0 aromatic carbocycles. The number of nitrogens with one attached hydrogen (secondary N) is 1. The Hall–Kier alpha value is -3.55. The van der Waals surface area contributed by atoms with Crippen LogP contribution >= 0.6 is 0 Å². The number of hydrogen-bond acceptors (Lipinski definition) is 8. The van der Waals surface area contributed by atoms with Crippen LogP contribution in [0.3, 0.4) is 0 Å². The van der Waals surface area contributed by atoms with Crippen LogP contribution in [0.15, 0.2) is 47.6 Å². The van der Waals surface area contributed by atoms with Gasteiger partial charge in [0.1, 0.15) is 11.5 Å². The molecule has 184 valence electrons. The number of H-pyrrole nitrogens is 1. The number of fused-ring (bicyclic) bond motifs is 1. The summed E-state index contributed by atoms with van der Waals surface area (Å²) in [6, 6.07) is 1.54. The van der Waals surface area contributed by atoms with Crippen molar-refractivity contribution < 1.29 is 17.4 Å². The van der Waals surface area contributed by atoms with Crippen LogP contribution in [-0.2, 0) is 15.9 Å². The molecule has 2 atom stereocenters. The fraction of sp³-hybridized carbons (Fsp3) is 0.381. The number of anilines is 1. The first-order chi connectivity index (χ1) is 16.6. The molecule has 5 rings (SSSR count). The van der Waals surface area contributed by atoms with Gasteiger partial charge in [-0.15, -0.1) is 0 Å². The molecule has 1 fully saturated rings. The molecule has 0 spiro atoms. The molecular weight excluding hydrogens is 483 g/mol. The van der Waals surface area contributed by atoms with Crippen LogP contribution in [-0.4, -0.2) is 70.4 Å². The molecule has 0 unspecified atom stereocenters. The first kappa shape index (κ1) is 23.2. The molecule has 35 heavy (non-hydrogen) atoms. The van der Waals surface area contributed by atoms with Crippen molar-refractivity contribution in [1.82, 2.24) is 34.5 Å². The van der Waals surface area contributed by atoms with E-state index in [2.05, 4.69) is 34.5 Å². The summed E-state index contributed by atoms with van der Waals surface area (Å²) < 4.78 is 57.8. The number of rotatable bonds is 4. The number of aromatic nitrogens is 7. The molecule has 1 aliphatic rings. The summed E-state index contributed by atoms with van der Waals surface area (Å²) in [6.45, 7) is 1.12. The fourth-order valence-electron chi connectivity index (χ4n) is 4.27. The molecule has 5 heterocycles. The van der Waals surface area contributed by atoms with E-state index in [-0.39, 0.29) is 23.4 Å². The largest absolute Gasteiger partial charge is 0.434 e. The second-order valence-corrected chi connectivity index (χ2v) is 11.3. The van der Waals surface area contributed by atoms with Crippen LogP contribution in [0.4, 0.5) is 19.0 Å². The van der Waals surface area contributed by atoms with Gasteiger partial charge in [-0.2, -0.15) is 18.3 Å². The van der Waals surface area contributed by atoms with Crippen molar-refractivity contribution >= 4 is 21.2 Å². The van der Waals surface area contributed by atoms with E-state index in [1.807, 2.05) is 11.1 Å². The van der Waals surface area contributed by atoms with Gasteiger partial charge in [0.05, 0.1) is 24.6 Å².